The Bertz CT molecular complexity index is 244. The van der Waals surface area contributed by atoms with Gasteiger partial charge in [0.1, 0.15) is 6.61 Å². The van der Waals surface area contributed by atoms with E-state index >= 15 is 0 Å². The molecule has 0 aromatic carbocycles. The number of rotatable bonds is 3. The van der Waals surface area contributed by atoms with Crippen molar-refractivity contribution in [2.45, 2.75) is 51.8 Å². The Morgan fingerprint density at radius 3 is 2.60 bits per heavy atom. The van der Waals surface area contributed by atoms with Crippen molar-refractivity contribution in [1.82, 2.24) is 4.90 Å². The average molecular weight is 221 g/mol. The highest BCUT2D eigenvalue weighted by atomic mass is 19.3. The van der Waals surface area contributed by atoms with E-state index in [2.05, 4.69) is 4.74 Å². The molecule has 1 atom stereocenters. The summed E-state index contributed by atoms with van der Waals surface area (Å²) in [6, 6.07) is 0.105. The molecule has 1 fully saturated rings. The number of amides is 1. The van der Waals surface area contributed by atoms with Gasteiger partial charge in [0.05, 0.1) is 0 Å². The van der Waals surface area contributed by atoms with Crippen molar-refractivity contribution in [2.24, 2.45) is 0 Å². The number of halogens is 2. The van der Waals surface area contributed by atoms with E-state index in [1.807, 2.05) is 20.8 Å². The van der Waals surface area contributed by atoms with Gasteiger partial charge in [-0.05, 0) is 33.6 Å². The van der Waals surface area contributed by atoms with E-state index in [0.717, 1.165) is 12.8 Å². The van der Waals surface area contributed by atoms with Crippen molar-refractivity contribution in [3.05, 3.63) is 0 Å². The second kappa shape index (κ2) is 4.43. The lowest BCUT2D eigenvalue weighted by Crippen LogP contribution is -2.47. The van der Waals surface area contributed by atoms with Crippen LogP contribution in [0.2, 0.25) is 0 Å². The Morgan fingerprint density at radius 2 is 2.20 bits per heavy atom. The molecule has 0 radical (unpaired) electrons. The van der Waals surface area contributed by atoms with E-state index in [4.69, 9.17) is 0 Å². The number of nitrogens with zero attached hydrogens (tertiary/aromatic N) is 1. The second-order valence-corrected chi connectivity index (χ2v) is 4.54. The molecule has 0 bridgehead atoms. The molecule has 1 aliphatic rings. The van der Waals surface area contributed by atoms with Crippen LogP contribution in [0, 0.1) is 0 Å². The van der Waals surface area contributed by atoms with Gasteiger partial charge in [-0.3, -0.25) is 4.79 Å². The molecule has 0 saturated carbocycles. The number of ether oxygens (including phenoxy) is 1. The maximum absolute atomic E-state index is 11.8. The lowest BCUT2D eigenvalue weighted by Gasteiger charge is -2.34. The summed E-state index contributed by atoms with van der Waals surface area (Å²) in [5.41, 5.74) is -0.248. The van der Waals surface area contributed by atoms with Crippen molar-refractivity contribution < 1.29 is 18.3 Å². The van der Waals surface area contributed by atoms with Crippen LogP contribution in [0.3, 0.4) is 0 Å². The minimum atomic E-state index is -2.88. The minimum absolute atomic E-state index is 0.105. The van der Waals surface area contributed by atoms with Gasteiger partial charge < -0.3 is 9.64 Å². The maximum atomic E-state index is 11.8. The van der Waals surface area contributed by atoms with Crippen molar-refractivity contribution in [2.75, 3.05) is 6.61 Å². The molecule has 1 amide bonds. The van der Waals surface area contributed by atoms with E-state index in [9.17, 15) is 13.6 Å². The van der Waals surface area contributed by atoms with Crippen LogP contribution >= 0.6 is 0 Å². The Morgan fingerprint density at radius 1 is 1.60 bits per heavy atom. The summed E-state index contributed by atoms with van der Waals surface area (Å²) < 4.78 is 27.6. The highest BCUT2D eigenvalue weighted by Crippen LogP contribution is 2.33. The van der Waals surface area contributed by atoms with Crippen LogP contribution < -0.4 is 0 Å². The topological polar surface area (TPSA) is 29.5 Å². The van der Waals surface area contributed by atoms with Crippen molar-refractivity contribution >= 4 is 5.91 Å². The number of carbonyl (C=O) groups is 1. The number of carbonyl (C=O) groups excluding carboxylic acids is 1. The van der Waals surface area contributed by atoms with E-state index in [1.54, 1.807) is 4.90 Å². The molecule has 0 N–H and O–H groups in total. The molecule has 1 heterocycles. The van der Waals surface area contributed by atoms with E-state index < -0.39 is 13.2 Å². The van der Waals surface area contributed by atoms with Crippen LogP contribution in [-0.2, 0) is 9.53 Å². The zero-order valence-corrected chi connectivity index (χ0v) is 9.30. The van der Waals surface area contributed by atoms with Crippen LogP contribution in [0.25, 0.3) is 0 Å². The smallest absolute Gasteiger partial charge is 0.333 e. The SMILES string of the molecule is CC1CCC(C)(C)N1C(=O)COC(F)F. The summed E-state index contributed by atoms with van der Waals surface area (Å²) in [7, 11) is 0. The fourth-order valence-corrected chi connectivity index (χ4v) is 2.20. The Hall–Kier alpha value is -0.710. The highest BCUT2D eigenvalue weighted by molar-refractivity contribution is 5.79. The lowest BCUT2D eigenvalue weighted by atomic mass is 10.0. The molecular weight excluding hydrogens is 204 g/mol. The van der Waals surface area contributed by atoms with E-state index in [-0.39, 0.29) is 17.5 Å². The van der Waals surface area contributed by atoms with Crippen LogP contribution in [0.15, 0.2) is 0 Å². The van der Waals surface area contributed by atoms with Crippen LogP contribution in [-0.4, -0.2) is 35.6 Å². The summed E-state index contributed by atoms with van der Waals surface area (Å²) >= 11 is 0. The Balaban J connectivity index is 2.57. The van der Waals surface area contributed by atoms with Gasteiger partial charge in [-0.25, -0.2) is 0 Å². The average Bonchev–Trinajstić information content (AvgIpc) is 2.37. The third-order valence-corrected chi connectivity index (χ3v) is 2.87. The lowest BCUT2D eigenvalue weighted by molar-refractivity contribution is -0.163. The van der Waals surface area contributed by atoms with Gasteiger partial charge in [-0.15, -0.1) is 0 Å². The van der Waals surface area contributed by atoms with Crippen molar-refractivity contribution in [1.29, 1.82) is 0 Å². The molecular formula is C10H17F2NO2. The highest BCUT2D eigenvalue weighted by Gasteiger charge is 2.40. The van der Waals surface area contributed by atoms with Crippen LogP contribution in [0.5, 0.6) is 0 Å². The van der Waals surface area contributed by atoms with Gasteiger partial charge >= 0.3 is 6.61 Å². The molecule has 88 valence electrons. The first-order chi connectivity index (χ1) is 6.84. The molecule has 1 unspecified atom stereocenters. The van der Waals surface area contributed by atoms with Gasteiger partial charge in [0.25, 0.3) is 0 Å². The zero-order chi connectivity index (χ0) is 11.6. The van der Waals surface area contributed by atoms with Gasteiger partial charge in [-0.1, -0.05) is 0 Å². The quantitative estimate of drug-likeness (QED) is 0.729. The molecule has 1 saturated heterocycles. The van der Waals surface area contributed by atoms with Crippen LogP contribution in [0.1, 0.15) is 33.6 Å². The molecule has 0 aliphatic carbocycles. The summed E-state index contributed by atoms with van der Waals surface area (Å²) in [5.74, 6) is -0.356. The number of hydrogen-bond acceptors (Lipinski definition) is 2. The molecule has 1 rings (SSSR count). The van der Waals surface area contributed by atoms with Crippen molar-refractivity contribution in [3.8, 4) is 0 Å². The van der Waals surface area contributed by atoms with Gasteiger partial charge in [0.15, 0.2) is 0 Å². The zero-order valence-electron chi connectivity index (χ0n) is 9.30. The standard InChI is InChI=1S/C10H17F2NO2/c1-7-4-5-10(2,3)13(7)8(14)6-15-9(11)12/h7,9H,4-6H2,1-3H3. The molecule has 15 heavy (non-hydrogen) atoms. The molecule has 0 aromatic rings. The second-order valence-electron chi connectivity index (χ2n) is 4.54. The molecule has 5 heteroatoms. The largest absolute Gasteiger partial charge is 0.345 e. The van der Waals surface area contributed by atoms with E-state index in [0.29, 0.717) is 0 Å². The summed E-state index contributed by atoms with van der Waals surface area (Å²) in [5, 5.41) is 0. The monoisotopic (exact) mass is 221 g/mol. The summed E-state index contributed by atoms with van der Waals surface area (Å²) in [4.78, 5) is 13.3. The fraction of sp³-hybridized carbons (Fsp3) is 0.900. The first kappa shape index (κ1) is 12.4. The summed E-state index contributed by atoms with van der Waals surface area (Å²) in [6.07, 6.45) is 1.81. The minimum Gasteiger partial charge on any atom is -0.333 e. The van der Waals surface area contributed by atoms with Gasteiger partial charge in [0, 0.05) is 11.6 Å². The third-order valence-electron chi connectivity index (χ3n) is 2.87. The number of hydrogen-bond donors (Lipinski definition) is 0. The Kier molecular flexibility index (Phi) is 3.65. The maximum Gasteiger partial charge on any atom is 0.345 e. The molecule has 0 aromatic heterocycles. The first-order valence-corrected chi connectivity index (χ1v) is 5.06. The van der Waals surface area contributed by atoms with Gasteiger partial charge in [-0.2, -0.15) is 8.78 Å². The molecule has 1 aliphatic heterocycles. The predicted octanol–water partition coefficient (Wildman–Crippen LogP) is 2.02. The van der Waals surface area contributed by atoms with E-state index in [1.165, 1.54) is 0 Å². The first-order valence-electron chi connectivity index (χ1n) is 5.06. The molecule has 3 nitrogen and oxygen atoms in total. The predicted molar refractivity (Wildman–Crippen MR) is 51.6 cm³/mol. The normalized spacial score (nSPS) is 24.9. The fourth-order valence-electron chi connectivity index (χ4n) is 2.20. The third kappa shape index (κ3) is 2.87. The van der Waals surface area contributed by atoms with Crippen molar-refractivity contribution in [3.63, 3.8) is 0 Å². The number of likely N-dealkylation sites (tertiary alicyclic amines) is 1. The Labute approximate surface area is 88.4 Å². The van der Waals surface area contributed by atoms with Crippen LogP contribution in [0.4, 0.5) is 8.78 Å². The van der Waals surface area contributed by atoms with Gasteiger partial charge in [0.2, 0.25) is 5.91 Å². The number of alkyl halides is 2. The molecule has 0 spiro atoms. The summed E-state index contributed by atoms with van der Waals surface area (Å²) in [6.45, 7) is 2.39.